The first-order chi connectivity index (χ1) is 9.08. The highest BCUT2D eigenvalue weighted by atomic mass is 35.5. The molecule has 0 radical (unpaired) electrons. The quantitative estimate of drug-likeness (QED) is 0.703. The Morgan fingerprint density at radius 2 is 2.16 bits per heavy atom. The summed E-state index contributed by atoms with van der Waals surface area (Å²) in [6, 6.07) is 4.10. The molecule has 102 valence electrons. The van der Waals surface area contributed by atoms with Crippen LogP contribution in [0.1, 0.15) is 16.8 Å². The van der Waals surface area contributed by atoms with Crippen LogP contribution in [-0.4, -0.2) is 30.1 Å². The number of phenolic OH excluding ortho intramolecular Hbond substituents is 1. The van der Waals surface area contributed by atoms with Crippen LogP contribution < -0.4 is 10.9 Å². The predicted octanol–water partition coefficient (Wildman–Crippen LogP) is 0.843. The molecule has 0 saturated carbocycles. The van der Waals surface area contributed by atoms with Gasteiger partial charge in [0.05, 0.1) is 18.1 Å². The number of phenols is 1. The zero-order chi connectivity index (χ0) is 13.8. The molecule has 0 bridgehead atoms. The largest absolute Gasteiger partial charge is 0.507 e. The van der Waals surface area contributed by atoms with Gasteiger partial charge in [0.25, 0.3) is 5.91 Å². The van der Waals surface area contributed by atoms with Gasteiger partial charge in [-0.25, -0.2) is 0 Å². The highest BCUT2D eigenvalue weighted by Crippen LogP contribution is 2.21. The van der Waals surface area contributed by atoms with Crippen LogP contribution in [-0.2, 0) is 9.53 Å². The van der Waals surface area contributed by atoms with E-state index < -0.39 is 5.91 Å². The second-order valence-corrected chi connectivity index (χ2v) is 4.60. The molecule has 1 aliphatic heterocycles. The zero-order valence-corrected chi connectivity index (χ0v) is 10.7. The number of halogens is 1. The summed E-state index contributed by atoms with van der Waals surface area (Å²) < 4.78 is 5.07. The summed E-state index contributed by atoms with van der Waals surface area (Å²) >= 11 is 5.66. The van der Waals surface area contributed by atoms with Crippen molar-refractivity contribution in [2.75, 3.05) is 13.2 Å². The van der Waals surface area contributed by atoms with Crippen molar-refractivity contribution in [2.24, 2.45) is 5.92 Å². The summed E-state index contributed by atoms with van der Waals surface area (Å²) in [6.45, 7) is 0.901. The number of hydrogen-bond acceptors (Lipinski definition) is 4. The number of ether oxygens (including phenoxy) is 1. The lowest BCUT2D eigenvalue weighted by atomic mass is 10.1. The number of hydrazine groups is 1. The van der Waals surface area contributed by atoms with Gasteiger partial charge in [-0.3, -0.25) is 20.4 Å². The predicted molar refractivity (Wildman–Crippen MR) is 67.7 cm³/mol. The van der Waals surface area contributed by atoms with Gasteiger partial charge >= 0.3 is 0 Å². The van der Waals surface area contributed by atoms with Crippen molar-refractivity contribution in [2.45, 2.75) is 6.42 Å². The Morgan fingerprint density at radius 3 is 2.79 bits per heavy atom. The third-order valence-corrected chi connectivity index (χ3v) is 3.04. The van der Waals surface area contributed by atoms with Crippen LogP contribution in [0.4, 0.5) is 0 Å². The molecule has 6 nitrogen and oxygen atoms in total. The minimum atomic E-state index is -0.610. The number of hydrogen-bond donors (Lipinski definition) is 3. The lowest BCUT2D eigenvalue weighted by Gasteiger charge is -2.11. The summed E-state index contributed by atoms with van der Waals surface area (Å²) in [5.74, 6) is -1.41. The lowest BCUT2D eigenvalue weighted by molar-refractivity contribution is -0.125. The number of nitrogens with one attached hydrogen (secondary N) is 2. The van der Waals surface area contributed by atoms with Crippen LogP contribution in [0.25, 0.3) is 0 Å². The van der Waals surface area contributed by atoms with E-state index in [0.29, 0.717) is 24.7 Å². The third kappa shape index (κ3) is 3.36. The molecule has 1 aromatic carbocycles. The van der Waals surface area contributed by atoms with E-state index in [1.54, 1.807) is 0 Å². The Kier molecular flexibility index (Phi) is 4.24. The van der Waals surface area contributed by atoms with Gasteiger partial charge in [-0.2, -0.15) is 0 Å². The van der Waals surface area contributed by atoms with Crippen molar-refractivity contribution in [3.05, 3.63) is 28.8 Å². The average molecular weight is 285 g/mol. The number of carbonyl (C=O) groups excluding carboxylic acids is 2. The Morgan fingerprint density at radius 1 is 1.37 bits per heavy atom. The fraction of sp³-hybridized carbons (Fsp3) is 0.333. The summed E-state index contributed by atoms with van der Waals surface area (Å²) in [5, 5.41) is 9.88. The van der Waals surface area contributed by atoms with E-state index >= 15 is 0 Å². The van der Waals surface area contributed by atoms with Crippen molar-refractivity contribution < 1.29 is 19.4 Å². The van der Waals surface area contributed by atoms with Gasteiger partial charge in [0.2, 0.25) is 5.91 Å². The fourth-order valence-electron chi connectivity index (χ4n) is 1.73. The van der Waals surface area contributed by atoms with E-state index in [1.807, 2.05) is 0 Å². The van der Waals surface area contributed by atoms with Gasteiger partial charge in [0.15, 0.2) is 0 Å². The standard InChI is InChI=1S/C12H13ClN2O4/c13-8-1-2-9(10(16)5-8)12(18)15-14-11(17)7-3-4-19-6-7/h1-2,5,7,16H,3-4,6H2,(H,14,17)(H,15,18)/t7-/m0/s1. The Balaban J connectivity index is 1.92. The summed E-state index contributed by atoms with van der Waals surface area (Å²) in [4.78, 5) is 23.4. The minimum absolute atomic E-state index is 0.0346. The second-order valence-electron chi connectivity index (χ2n) is 4.17. The van der Waals surface area contributed by atoms with Crippen molar-refractivity contribution in [1.29, 1.82) is 0 Å². The van der Waals surface area contributed by atoms with E-state index in [9.17, 15) is 14.7 Å². The topological polar surface area (TPSA) is 87.7 Å². The molecule has 0 aliphatic carbocycles. The third-order valence-electron chi connectivity index (χ3n) is 2.80. The van der Waals surface area contributed by atoms with Gasteiger partial charge < -0.3 is 9.84 Å². The molecule has 1 aromatic rings. The molecular weight excluding hydrogens is 272 g/mol. The van der Waals surface area contributed by atoms with E-state index in [2.05, 4.69) is 10.9 Å². The van der Waals surface area contributed by atoms with E-state index in [4.69, 9.17) is 16.3 Å². The smallest absolute Gasteiger partial charge is 0.273 e. The van der Waals surface area contributed by atoms with Crippen LogP contribution in [0.15, 0.2) is 18.2 Å². The van der Waals surface area contributed by atoms with Crippen LogP contribution in [0, 0.1) is 5.92 Å². The molecule has 0 unspecified atom stereocenters. The van der Waals surface area contributed by atoms with Crippen LogP contribution in [0.2, 0.25) is 5.02 Å². The molecule has 7 heteroatoms. The summed E-state index contributed by atoms with van der Waals surface area (Å²) in [6.07, 6.45) is 0.633. The molecule has 1 atom stereocenters. The molecule has 1 saturated heterocycles. The summed E-state index contributed by atoms with van der Waals surface area (Å²) in [7, 11) is 0. The molecule has 1 heterocycles. The monoisotopic (exact) mass is 284 g/mol. The first kappa shape index (κ1) is 13.6. The minimum Gasteiger partial charge on any atom is -0.507 e. The second kappa shape index (κ2) is 5.90. The number of benzene rings is 1. The maximum Gasteiger partial charge on any atom is 0.273 e. The number of carbonyl (C=O) groups is 2. The number of rotatable bonds is 2. The normalized spacial score (nSPS) is 18.1. The Hall–Kier alpha value is -1.79. The maximum absolute atomic E-state index is 11.7. The molecule has 0 aromatic heterocycles. The molecule has 1 aliphatic rings. The van der Waals surface area contributed by atoms with Crippen molar-refractivity contribution in [1.82, 2.24) is 10.9 Å². The highest BCUT2D eigenvalue weighted by molar-refractivity contribution is 6.30. The SMILES string of the molecule is O=C(NNC(=O)[C@H]1CCOC1)c1ccc(Cl)cc1O. The molecule has 3 N–H and O–H groups in total. The first-order valence-corrected chi connectivity index (χ1v) is 6.12. The van der Waals surface area contributed by atoms with Gasteiger partial charge in [0, 0.05) is 11.6 Å². The Bertz CT molecular complexity index is 501. The van der Waals surface area contributed by atoms with Gasteiger partial charge in [-0.1, -0.05) is 11.6 Å². The van der Waals surface area contributed by atoms with Crippen LogP contribution in [0.3, 0.4) is 0 Å². The number of aromatic hydroxyl groups is 1. The fourth-order valence-corrected chi connectivity index (χ4v) is 1.89. The van der Waals surface area contributed by atoms with Gasteiger partial charge in [0.1, 0.15) is 5.75 Å². The maximum atomic E-state index is 11.7. The lowest BCUT2D eigenvalue weighted by Crippen LogP contribution is -2.44. The highest BCUT2D eigenvalue weighted by Gasteiger charge is 2.24. The van der Waals surface area contributed by atoms with Crippen LogP contribution in [0.5, 0.6) is 5.75 Å². The average Bonchev–Trinajstić information content (AvgIpc) is 2.89. The van der Waals surface area contributed by atoms with Gasteiger partial charge in [-0.15, -0.1) is 0 Å². The molecule has 1 fully saturated rings. The number of amides is 2. The summed E-state index contributed by atoms with van der Waals surface area (Å²) in [5.41, 5.74) is 4.58. The molecule has 2 rings (SSSR count). The molecular formula is C12H13ClN2O4. The van der Waals surface area contributed by atoms with E-state index in [0.717, 1.165) is 0 Å². The first-order valence-electron chi connectivity index (χ1n) is 5.74. The van der Waals surface area contributed by atoms with E-state index in [1.165, 1.54) is 18.2 Å². The van der Waals surface area contributed by atoms with Crippen molar-refractivity contribution in [3.63, 3.8) is 0 Å². The van der Waals surface area contributed by atoms with Gasteiger partial charge in [-0.05, 0) is 24.6 Å². The van der Waals surface area contributed by atoms with Crippen molar-refractivity contribution in [3.8, 4) is 5.75 Å². The molecule has 19 heavy (non-hydrogen) atoms. The zero-order valence-electron chi connectivity index (χ0n) is 9.98. The van der Waals surface area contributed by atoms with E-state index in [-0.39, 0.29) is 23.1 Å². The molecule has 2 amide bonds. The Labute approximate surface area is 114 Å². The molecule has 0 spiro atoms. The van der Waals surface area contributed by atoms with Crippen LogP contribution >= 0.6 is 11.6 Å². The van der Waals surface area contributed by atoms with Crippen molar-refractivity contribution >= 4 is 23.4 Å².